The van der Waals surface area contributed by atoms with Crippen LogP contribution in [-0.2, 0) is 11.3 Å². The Morgan fingerprint density at radius 1 is 1.62 bits per heavy atom. The maximum atomic E-state index is 11.9. The standard InChI is InChI=1S/C11H17N3O2/c1-8-5-9(2)14(12-8)7-11(16)13-4-3-10(15)6-13/h5,10,15H,3-4,6-7H2,1-2H3/t10-/m0/s1. The van der Waals surface area contributed by atoms with E-state index >= 15 is 0 Å². The average Bonchev–Trinajstić information content (AvgIpc) is 2.74. The monoisotopic (exact) mass is 223 g/mol. The van der Waals surface area contributed by atoms with Crippen molar-refractivity contribution in [2.75, 3.05) is 13.1 Å². The number of likely N-dealkylation sites (tertiary alicyclic amines) is 1. The van der Waals surface area contributed by atoms with Gasteiger partial charge in [-0.05, 0) is 26.3 Å². The normalized spacial score (nSPS) is 20.4. The molecule has 2 heterocycles. The van der Waals surface area contributed by atoms with Gasteiger partial charge in [-0.15, -0.1) is 0 Å². The summed E-state index contributed by atoms with van der Waals surface area (Å²) in [5, 5.41) is 13.6. The van der Waals surface area contributed by atoms with Crippen LogP contribution < -0.4 is 0 Å². The van der Waals surface area contributed by atoms with Crippen molar-refractivity contribution in [3.05, 3.63) is 17.5 Å². The molecule has 5 nitrogen and oxygen atoms in total. The predicted molar refractivity (Wildman–Crippen MR) is 58.9 cm³/mol. The van der Waals surface area contributed by atoms with Crippen molar-refractivity contribution in [3.63, 3.8) is 0 Å². The molecule has 1 aromatic heterocycles. The molecular formula is C11H17N3O2. The zero-order valence-corrected chi connectivity index (χ0v) is 9.68. The lowest BCUT2D eigenvalue weighted by molar-refractivity contribution is -0.131. The minimum absolute atomic E-state index is 0.0303. The summed E-state index contributed by atoms with van der Waals surface area (Å²) in [4.78, 5) is 13.6. The number of aromatic nitrogens is 2. The number of β-amino-alcohol motifs (C(OH)–C–C–N with tert-alkyl or cyclic N) is 1. The zero-order valence-electron chi connectivity index (χ0n) is 9.68. The summed E-state index contributed by atoms with van der Waals surface area (Å²) in [6.07, 6.45) is 0.326. The van der Waals surface area contributed by atoms with Crippen LogP contribution in [0.15, 0.2) is 6.07 Å². The fraction of sp³-hybridized carbons (Fsp3) is 0.636. The molecule has 0 spiro atoms. The van der Waals surface area contributed by atoms with Crippen LogP contribution in [0.4, 0.5) is 0 Å². The Bertz CT molecular complexity index is 400. The van der Waals surface area contributed by atoms with Gasteiger partial charge in [0.1, 0.15) is 6.54 Å². The highest BCUT2D eigenvalue weighted by molar-refractivity contribution is 5.76. The number of amides is 1. The van der Waals surface area contributed by atoms with Crippen LogP contribution in [0.5, 0.6) is 0 Å². The molecule has 16 heavy (non-hydrogen) atoms. The van der Waals surface area contributed by atoms with Crippen LogP contribution in [0.1, 0.15) is 17.8 Å². The van der Waals surface area contributed by atoms with Gasteiger partial charge in [-0.25, -0.2) is 0 Å². The van der Waals surface area contributed by atoms with Crippen LogP contribution in [0.2, 0.25) is 0 Å². The highest BCUT2D eigenvalue weighted by Gasteiger charge is 2.24. The number of aliphatic hydroxyl groups is 1. The Hall–Kier alpha value is -1.36. The van der Waals surface area contributed by atoms with Crippen LogP contribution in [0.3, 0.4) is 0 Å². The molecule has 1 N–H and O–H groups in total. The van der Waals surface area contributed by atoms with Gasteiger partial charge in [-0.1, -0.05) is 0 Å². The quantitative estimate of drug-likeness (QED) is 0.773. The number of hydrogen-bond donors (Lipinski definition) is 1. The summed E-state index contributed by atoms with van der Waals surface area (Å²) in [6, 6.07) is 1.95. The van der Waals surface area contributed by atoms with Gasteiger partial charge < -0.3 is 10.0 Å². The van der Waals surface area contributed by atoms with E-state index in [0.717, 1.165) is 11.4 Å². The first kappa shape index (κ1) is 11.1. The van der Waals surface area contributed by atoms with Gasteiger partial charge in [-0.3, -0.25) is 9.48 Å². The van der Waals surface area contributed by atoms with Gasteiger partial charge >= 0.3 is 0 Å². The Morgan fingerprint density at radius 2 is 2.38 bits per heavy atom. The van der Waals surface area contributed by atoms with Crippen molar-refractivity contribution in [2.24, 2.45) is 0 Å². The summed E-state index contributed by atoms with van der Waals surface area (Å²) >= 11 is 0. The first-order chi connectivity index (χ1) is 7.56. The topological polar surface area (TPSA) is 58.4 Å². The second-order valence-corrected chi connectivity index (χ2v) is 4.37. The van der Waals surface area contributed by atoms with E-state index < -0.39 is 0 Å². The molecule has 0 radical (unpaired) electrons. The molecule has 0 unspecified atom stereocenters. The zero-order chi connectivity index (χ0) is 11.7. The summed E-state index contributed by atoms with van der Waals surface area (Å²) < 4.78 is 1.71. The summed E-state index contributed by atoms with van der Waals surface area (Å²) in [5.41, 5.74) is 1.91. The maximum Gasteiger partial charge on any atom is 0.244 e. The van der Waals surface area contributed by atoms with Gasteiger partial charge in [0.05, 0.1) is 11.8 Å². The van der Waals surface area contributed by atoms with Gasteiger partial charge in [0.25, 0.3) is 0 Å². The minimum Gasteiger partial charge on any atom is -0.391 e. The third-order valence-electron chi connectivity index (χ3n) is 2.90. The smallest absolute Gasteiger partial charge is 0.244 e. The van der Waals surface area contributed by atoms with Crippen molar-refractivity contribution in [1.29, 1.82) is 0 Å². The molecule has 0 bridgehead atoms. The molecule has 88 valence electrons. The first-order valence-electron chi connectivity index (χ1n) is 5.53. The summed E-state index contributed by atoms with van der Waals surface area (Å²) in [6.45, 7) is 5.23. The number of carbonyl (C=O) groups excluding carboxylic acids is 1. The van der Waals surface area contributed by atoms with Crippen molar-refractivity contribution in [3.8, 4) is 0 Å². The molecule has 1 aromatic rings. The van der Waals surface area contributed by atoms with E-state index in [1.165, 1.54) is 0 Å². The number of hydrogen-bond acceptors (Lipinski definition) is 3. The number of aliphatic hydroxyl groups excluding tert-OH is 1. The van der Waals surface area contributed by atoms with E-state index in [1.807, 2.05) is 19.9 Å². The van der Waals surface area contributed by atoms with E-state index in [4.69, 9.17) is 0 Å². The fourth-order valence-electron chi connectivity index (χ4n) is 2.03. The van der Waals surface area contributed by atoms with E-state index in [1.54, 1.807) is 9.58 Å². The van der Waals surface area contributed by atoms with Gasteiger partial charge in [0.15, 0.2) is 0 Å². The van der Waals surface area contributed by atoms with E-state index in [0.29, 0.717) is 19.5 Å². The average molecular weight is 223 g/mol. The number of carbonyl (C=O) groups is 1. The number of rotatable bonds is 2. The second-order valence-electron chi connectivity index (χ2n) is 4.37. The third kappa shape index (κ3) is 2.24. The molecule has 1 aliphatic heterocycles. The molecule has 2 rings (SSSR count). The lowest BCUT2D eigenvalue weighted by Gasteiger charge is -2.15. The Morgan fingerprint density at radius 3 is 2.88 bits per heavy atom. The minimum atomic E-state index is -0.357. The number of aryl methyl sites for hydroxylation is 2. The molecule has 1 saturated heterocycles. The predicted octanol–water partition coefficient (Wildman–Crippen LogP) is 0.0931. The summed E-state index contributed by atoms with van der Waals surface area (Å²) in [5.74, 6) is 0.0303. The van der Waals surface area contributed by atoms with Crippen molar-refractivity contribution in [2.45, 2.75) is 32.9 Å². The van der Waals surface area contributed by atoms with Crippen molar-refractivity contribution < 1.29 is 9.90 Å². The van der Waals surface area contributed by atoms with Crippen molar-refractivity contribution in [1.82, 2.24) is 14.7 Å². The molecule has 0 aliphatic carbocycles. The molecule has 0 aromatic carbocycles. The molecule has 0 saturated carbocycles. The highest BCUT2D eigenvalue weighted by atomic mass is 16.3. The molecule has 1 fully saturated rings. The van der Waals surface area contributed by atoms with Gasteiger partial charge in [0, 0.05) is 18.8 Å². The molecule has 1 aliphatic rings. The first-order valence-corrected chi connectivity index (χ1v) is 5.53. The molecule has 1 atom stereocenters. The largest absolute Gasteiger partial charge is 0.391 e. The molecule has 5 heteroatoms. The summed E-state index contributed by atoms with van der Waals surface area (Å²) in [7, 11) is 0. The Kier molecular flexibility index (Phi) is 2.96. The van der Waals surface area contributed by atoms with Crippen LogP contribution in [0.25, 0.3) is 0 Å². The SMILES string of the molecule is Cc1cc(C)n(CC(=O)N2CC[C@H](O)C2)n1. The van der Waals surface area contributed by atoms with E-state index in [-0.39, 0.29) is 18.6 Å². The molecular weight excluding hydrogens is 206 g/mol. The highest BCUT2D eigenvalue weighted by Crippen LogP contribution is 2.10. The Labute approximate surface area is 94.7 Å². The van der Waals surface area contributed by atoms with Crippen LogP contribution in [0, 0.1) is 13.8 Å². The van der Waals surface area contributed by atoms with E-state index in [2.05, 4.69) is 5.10 Å². The third-order valence-corrected chi connectivity index (χ3v) is 2.90. The number of nitrogens with zero attached hydrogens (tertiary/aromatic N) is 3. The van der Waals surface area contributed by atoms with Crippen molar-refractivity contribution >= 4 is 5.91 Å². The Balaban J connectivity index is 1.99. The fourth-order valence-corrected chi connectivity index (χ4v) is 2.03. The van der Waals surface area contributed by atoms with Gasteiger partial charge in [-0.2, -0.15) is 5.10 Å². The van der Waals surface area contributed by atoms with Crippen LogP contribution in [-0.4, -0.2) is 44.9 Å². The maximum absolute atomic E-state index is 11.9. The lowest BCUT2D eigenvalue weighted by atomic mass is 10.3. The second kappa shape index (κ2) is 4.25. The van der Waals surface area contributed by atoms with Gasteiger partial charge in [0.2, 0.25) is 5.91 Å². The lowest BCUT2D eigenvalue weighted by Crippen LogP contribution is -2.33. The van der Waals surface area contributed by atoms with Crippen LogP contribution >= 0.6 is 0 Å². The van der Waals surface area contributed by atoms with E-state index in [9.17, 15) is 9.90 Å². The molecule has 1 amide bonds.